The highest BCUT2D eigenvalue weighted by Crippen LogP contribution is 2.06. The van der Waals surface area contributed by atoms with Gasteiger partial charge in [-0.1, -0.05) is 13.8 Å². The molecule has 0 fully saturated rings. The van der Waals surface area contributed by atoms with Gasteiger partial charge in [-0.05, 0) is 25.8 Å². The van der Waals surface area contributed by atoms with Gasteiger partial charge in [0.2, 0.25) is 0 Å². The highest BCUT2D eigenvalue weighted by Gasteiger charge is 2.19. The van der Waals surface area contributed by atoms with Crippen LogP contribution < -0.4 is 5.32 Å². The summed E-state index contributed by atoms with van der Waals surface area (Å²) in [4.78, 5) is 12.0. The van der Waals surface area contributed by atoms with Crippen molar-refractivity contribution in [3.05, 3.63) is 17.5 Å². The molecule has 0 saturated carbocycles. The maximum atomic E-state index is 12.0. The molecule has 1 N–H and O–H groups in total. The van der Waals surface area contributed by atoms with E-state index in [0.717, 1.165) is 5.69 Å². The second kappa shape index (κ2) is 5.48. The Morgan fingerprint density at radius 3 is 2.76 bits per heavy atom. The highest BCUT2D eigenvalue weighted by atomic mass is 16.2. The van der Waals surface area contributed by atoms with Gasteiger partial charge in [0.25, 0.3) is 5.91 Å². The fraction of sp³-hybridized carbons (Fsp3) is 0.583. The Balaban J connectivity index is 2.86. The van der Waals surface area contributed by atoms with E-state index >= 15 is 0 Å². The lowest BCUT2D eigenvalue weighted by molar-refractivity contribution is 0.0927. The molecule has 0 aliphatic carbocycles. The molecule has 0 aliphatic heterocycles. The van der Waals surface area contributed by atoms with Gasteiger partial charge in [-0.15, -0.1) is 0 Å². The van der Waals surface area contributed by atoms with Gasteiger partial charge in [0.05, 0.1) is 11.8 Å². The van der Waals surface area contributed by atoms with E-state index < -0.39 is 6.04 Å². The first-order valence-electron chi connectivity index (χ1n) is 5.74. The number of aromatic nitrogens is 2. The summed E-state index contributed by atoms with van der Waals surface area (Å²) >= 11 is 0. The molecule has 1 aromatic heterocycles. The molecule has 1 unspecified atom stereocenters. The third kappa shape index (κ3) is 3.06. The number of rotatable bonds is 4. The third-order valence-corrected chi connectivity index (χ3v) is 2.53. The van der Waals surface area contributed by atoms with Crippen molar-refractivity contribution in [2.24, 2.45) is 5.92 Å². The van der Waals surface area contributed by atoms with Crippen molar-refractivity contribution in [1.82, 2.24) is 15.1 Å². The molecule has 5 nitrogen and oxygen atoms in total. The van der Waals surface area contributed by atoms with Crippen LogP contribution in [0.3, 0.4) is 0 Å². The first kappa shape index (κ1) is 13.2. The number of carbonyl (C=O) groups excluding carboxylic acids is 1. The first-order chi connectivity index (χ1) is 7.99. The molecule has 1 aromatic rings. The number of hydrogen-bond acceptors (Lipinski definition) is 3. The molecule has 1 atom stereocenters. The van der Waals surface area contributed by atoms with Crippen LogP contribution in [0.25, 0.3) is 0 Å². The Bertz CT molecular complexity index is 442. The molecule has 92 valence electrons. The Morgan fingerprint density at radius 2 is 2.29 bits per heavy atom. The van der Waals surface area contributed by atoms with Gasteiger partial charge in [0.1, 0.15) is 11.7 Å². The van der Waals surface area contributed by atoms with Crippen LogP contribution in [0.2, 0.25) is 0 Å². The minimum absolute atomic E-state index is 0.0862. The Hall–Kier alpha value is -1.83. The van der Waals surface area contributed by atoms with Crippen molar-refractivity contribution in [3.63, 3.8) is 0 Å². The summed E-state index contributed by atoms with van der Waals surface area (Å²) in [6.07, 6.45) is 0. The monoisotopic (exact) mass is 234 g/mol. The normalized spacial score (nSPS) is 12.2. The van der Waals surface area contributed by atoms with Gasteiger partial charge in [0, 0.05) is 6.54 Å². The summed E-state index contributed by atoms with van der Waals surface area (Å²) in [7, 11) is 0. The van der Waals surface area contributed by atoms with E-state index in [2.05, 4.69) is 16.5 Å². The van der Waals surface area contributed by atoms with E-state index in [0.29, 0.717) is 12.2 Å². The van der Waals surface area contributed by atoms with Crippen LogP contribution in [0.1, 0.15) is 37.0 Å². The lowest BCUT2D eigenvalue weighted by atomic mass is 10.1. The zero-order valence-electron chi connectivity index (χ0n) is 10.7. The topological polar surface area (TPSA) is 70.7 Å². The lowest BCUT2D eigenvalue weighted by Gasteiger charge is -2.14. The molecule has 1 rings (SSSR count). The number of nitrogens with zero attached hydrogens (tertiary/aromatic N) is 3. The Kier molecular flexibility index (Phi) is 4.27. The van der Waals surface area contributed by atoms with E-state index in [1.165, 1.54) is 0 Å². The molecule has 0 aliphatic rings. The minimum atomic E-state index is -0.469. The van der Waals surface area contributed by atoms with E-state index in [-0.39, 0.29) is 11.8 Å². The van der Waals surface area contributed by atoms with Gasteiger partial charge in [-0.2, -0.15) is 10.4 Å². The number of aryl methyl sites for hydroxylation is 2. The fourth-order valence-corrected chi connectivity index (χ4v) is 1.53. The largest absolute Gasteiger partial charge is 0.335 e. The average molecular weight is 234 g/mol. The Labute approximate surface area is 101 Å². The number of amides is 1. The number of nitriles is 1. The molecule has 0 spiro atoms. The molecule has 5 heteroatoms. The van der Waals surface area contributed by atoms with Gasteiger partial charge < -0.3 is 5.32 Å². The minimum Gasteiger partial charge on any atom is -0.335 e. The van der Waals surface area contributed by atoms with E-state index in [4.69, 9.17) is 5.26 Å². The van der Waals surface area contributed by atoms with Crippen LogP contribution in [-0.2, 0) is 6.54 Å². The van der Waals surface area contributed by atoms with E-state index in [9.17, 15) is 4.79 Å². The quantitative estimate of drug-likeness (QED) is 0.858. The maximum Gasteiger partial charge on any atom is 0.270 e. The zero-order chi connectivity index (χ0) is 13.0. The molecular weight excluding hydrogens is 216 g/mol. The van der Waals surface area contributed by atoms with Crippen LogP contribution in [0.15, 0.2) is 6.07 Å². The average Bonchev–Trinajstić information content (AvgIpc) is 2.66. The van der Waals surface area contributed by atoms with Crippen molar-refractivity contribution in [2.45, 2.75) is 40.3 Å². The summed E-state index contributed by atoms with van der Waals surface area (Å²) in [6.45, 7) is 8.20. The van der Waals surface area contributed by atoms with Gasteiger partial charge in [-0.3, -0.25) is 9.48 Å². The zero-order valence-corrected chi connectivity index (χ0v) is 10.7. The molecular formula is C12H18N4O. The second-order valence-corrected chi connectivity index (χ2v) is 4.31. The summed E-state index contributed by atoms with van der Waals surface area (Å²) < 4.78 is 1.64. The maximum absolute atomic E-state index is 12.0. The van der Waals surface area contributed by atoms with Crippen molar-refractivity contribution >= 4 is 5.91 Å². The van der Waals surface area contributed by atoms with Crippen molar-refractivity contribution < 1.29 is 4.79 Å². The van der Waals surface area contributed by atoms with Crippen LogP contribution in [0.4, 0.5) is 0 Å². The summed E-state index contributed by atoms with van der Waals surface area (Å²) in [5.74, 6) is -0.157. The molecule has 17 heavy (non-hydrogen) atoms. The molecule has 1 amide bonds. The van der Waals surface area contributed by atoms with Gasteiger partial charge in [-0.25, -0.2) is 0 Å². The van der Waals surface area contributed by atoms with Crippen LogP contribution in [-0.4, -0.2) is 21.7 Å². The number of nitrogens with one attached hydrogen (secondary N) is 1. The smallest absolute Gasteiger partial charge is 0.270 e. The third-order valence-electron chi connectivity index (χ3n) is 2.53. The van der Waals surface area contributed by atoms with Crippen molar-refractivity contribution in [3.8, 4) is 6.07 Å². The second-order valence-electron chi connectivity index (χ2n) is 4.31. The van der Waals surface area contributed by atoms with Crippen LogP contribution in [0, 0.1) is 24.2 Å². The van der Waals surface area contributed by atoms with Gasteiger partial charge in [0.15, 0.2) is 0 Å². The van der Waals surface area contributed by atoms with Crippen LogP contribution in [0.5, 0.6) is 0 Å². The molecule has 1 heterocycles. The standard InChI is InChI=1S/C12H18N4O/c1-5-16-11(6-9(4)15-16)12(17)14-10(7-13)8(2)3/h6,8,10H,5H2,1-4H3,(H,14,17). The highest BCUT2D eigenvalue weighted by molar-refractivity contribution is 5.93. The number of carbonyl (C=O) groups is 1. The summed E-state index contributed by atoms with van der Waals surface area (Å²) in [6, 6.07) is 3.35. The summed E-state index contributed by atoms with van der Waals surface area (Å²) in [5.41, 5.74) is 1.31. The lowest BCUT2D eigenvalue weighted by Crippen LogP contribution is -2.38. The van der Waals surface area contributed by atoms with Crippen molar-refractivity contribution in [2.75, 3.05) is 0 Å². The van der Waals surface area contributed by atoms with E-state index in [1.54, 1.807) is 10.7 Å². The predicted octanol–water partition coefficient (Wildman–Crippen LogP) is 1.49. The number of hydrogen-bond donors (Lipinski definition) is 1. The molecule has 0 radical (unpaired) electrons. The molecule has 0 bridgehead atoms. The first-order valence-corrected chi connectivity index (χ1v) is 5.74. The predicted molar refractivity (Wildman–Crippen MR) is 64.3 cm³/mol. The Morgan fingerprint density at radius 1 is 1.65 bits per heavy atom. The molecule has 0 aromatic carbocycles. The van der Waals surface area contributed by atoms with Crippen molar-refractivity contribution in [1.29, 1.82) is 5.26 Å². The van der Waals surface area contributed by atoms with Gasteiger partial charge >= 0.3 is 0 Å². The van der Waals surface area contributed by atoms with Crippen LogP contribution >= 0.6 is 0 Å². The fourth-order valence-electron chi connectivity index (χ4n) is 1.53. The SMILES string of the molecule is CCn1nc(C)cc1C(=O)NC(C#N)C(C)C. The molecule has 0 saturated heterocycles. The summed E-state index contributed by atoms with van der Waals surface area (Å²) in [5, 5.41) is 15.8. The van der Waals surface area contributed by atoms with E-state index in [1.807, 2.05) is 27.7 Å².